The number of carbonyl (C=O) groups excluding carboxylic acids is 2. The maximum absolute atomic E-state index is 12.5. The average Bonchev–Trinajstić information content (AvgIpc) is 3.10. The van der Waals surface area contributed by atoms with Gasteiger partial charge in [-0.05, 0) is 41.5 Å². The second-order valence-electron chi connectivity index (χ2n) is 8.62. The van der Waals surface area contributed by atoms with Crippen LogP contribution in [0.25, 0.3) is 11.1 Å². The van der Waals surface area contributed by atoms with Crippen LogP contribution in [-0.4, -0.2) is 54.2 Å². The number of ether oxygens (including phenoxy) is 1. The smallest absolute Gasteiger partial charge is 0.407 e. The number of hydrogen-bond acceptors (Lipinski definition) is 4. The van der Waals surface area contributed by atoms with Crippen molar-refractivity contribution in [3.05, 3.63) is 59.7 Å². The Labute approximate surface area is 187 Å². The number of alkyl carbamates (subject to hydrolysis) is 1. The Bertz CT molecular complexity index is 975. The Morgan fingerprint density at radius 2 is 1.66 bits per heavy atom. The fraction of sp³-hybridized carbons (Fsp3) is 0.400. The summed E-state index contributed by atoms with van der Waals surface area (Å²) in [5.74, 6) is -1.51. The van der Waals surface area contributed by atoms with E-state index in [1.54, 1.807) is 0 Å². The minimum absolute atomic E-state index is 0.00139. The zero-order valence-corrected chi connectivity index (χ0v) is 18.1. The number of nitrogens with zero attached hydrogens (tertiary/aromatic N) is 1. The molecule has 2 N–H and O–H groups in total. The van der Waals surface area contributed by atoms with Crippen molar-refractivity contribution in [3.63, 3.8) is 0 Å². The highest BCUT2D eigenvalue weighted by molar-refractivity contribution is 5.83. The molecule has 2 aliphatic rings. The molecule has 2 atom stereocenters. The largest absolute Gasteiger partial charge is 0.480 e. The standard InChI is InChI=1S/C25H28N2O5/c1-27(14-23(28)29)24(30)16-7-6-8-17(13-16)26-25(31)32-15-22-20-11-4-2-9-18(20)19-10-3-5-12-21(19)22/h2-5,9-12,16-17,22H,6-8,13-15H2,1H3,(H,26,31)(H,28,29)/t16-,17-/m1/s1. The van der Waals surface area contributed by atoms with Gasteiger partial charge in [0.25, 0.3) is 0 Å². The Balaban J connectivity index is 1.34. The Hall–Kier alpha value is -3.35. The third-order valence-corrected chi connectivity index (χ3v) is 6.44. The zero-order valence-electron chi connectivity index (χ0n) is 18.1. The topological polar surface area (TPSA) is 95.9 Å². The van der Waals surface area contributed by atoms with Crippen LogP contribution in [0.3, 0.4) is 0 Å². The van der Waals surface area contributed by atoms with E-state index in [9.17, 15) is 14.4 Å². The van der Waals surface area contributed by atoms with E-state index in [0.29, 0.717) is 12.8 Å². The minimum Gasteiger partial charge on any atom is -0.480 e. The lowest BCUT2D eigenvalue weighted by Crippen LogP contribution is -2.44. The summed E-state index contributed by atoms with van der Waals surface area (Å²) in [6, 6.07) is 16.2. The number of rotatable bonds is 6. The number of hydrogen-bond donors (Lipinski definition) is 2. The SMILES string of the molecule is CN(CC(=O)O)C(=O)[C@@H]1CCC[C@@H](NC(=O)OCC2c3ccccc3-c3ccccc32)C1. The van der Waals surface area contributed by atoms with Gasteiger partial charge in [0.15, 0.2) is 0 Å². The summed E-state index contributed by atoms with van der Waals surface area (Å²) in [5, 5.41) is 11.8. The van der Waals surface area contributed by atoms with Crippen molar-refractivity contribution in [2.24, 2.45) is 5.92 Å². The van der Waals surface area contributed by atoms with Gasteiger partial charge in [-0.3, -0.25) is 9.59 Å². The van der Waals surface area contributed by atoms with E-state index in [0.717, 1.165) is 24.0 Å². The molecule has 168 valence electrons. The van der Waals surface area contributed by atoms with Gasteiger partial charge in [-0.2, -0.15) is 0 Å². The molecule has 0 heterocycles. The third kappa shape index (κ3) is 4.61. The van der Waals surface area contributed by atoms with Gasteiger partial charge in [0.1, 0.15) is 13.2 Å². The van der Waals surface area contributed by atoms with E-state index in [2.05, 4.69) is 29.6 Å². The van der Waals surface area contributed by atoms with Gasteiger partial charge in [0.05, 0.1) is 0 Å². The molecule has 2 amide bonds. The van der Waals surface area contributed by atoms with Crippen molar-refractivity contribution in [1.29, 1.82) is 0 Å². The molecule has 2 aliphatic carbocycles. The van der Waals surface area contributed by atoms with Crippen molar-refractivity contribution in [1.82, 2.24) is 10.2 Å². The summed E-state index contributed by atoms with van der Waals surface area (Å²) >= 11 is 0. The molecule has 0 aliphatic heterocycles. The number of nitrogens with one attached hydrogen (secondary N) is 1. The maximum atomic E-state index is 12.5. The lowest BCUT2D eigenvalue weighted by Gasteiger charge is -2.31. The quantitative estimate of drug-likeness (QED) is 0.721. The zero-order chi connectivity index (χ0) is 22.7. The van der Waals surface area contributed by atoms with Gasteiger partial charge in [-0.15, -0.1) is 0 Å². The summed E-state index contributed by atoms with van der Waals surface area (Å²) in [6.45, 7) is -0.0733. The molecular formula is C25H28N2O5. The lowest BCUT2D eigenvalue weighted by molar-refractivity contribution is -0.145. The molecule has 4 rings (SSSR count). The van der Waals surface area contributed by atoms with Gasteiger partial charge < -0.3 is 20.1 Å². The molecule has 32 heavy (non-hydrogen) atoms. The normalized spacial score (nSPS) is 19.5. The molecule has 0 aromatic heterocycles. The van der Waals surface area contributed by atoms with Crippen LogP contribution in [0.2, 0.25) is 0 Å². The van der Waals surface area contributed by atoms with Crippen LogP contribution < -0.4 is 5.32 Å². The van der Waals surface area contributed by atoms with E-state index < -0.39 is 12.1 Å². The van der Waals surface area contributed by atoms with Crippen LogP contribution in [0.4, 0.5) is 4.79 Å². The van der Waals surface area contributed by atoms with Crippen molar-refractivity contribution in [2.75, 3.05) is 20.2 Å². The van der Waals surface area contributed by atoms with Crippen LogP contribution in [0.5, 0.6) is 0 Å². The molecular weight excluding hydrogens is 408 g/mol. The van der Waals surface area contributed by atoms with E-state index in [4.69, 9.17) is 9.84 Å². The molecule has 0 unspecified atom stereocenters. The molecule has 0 radical (unpaired) electrons. The van der Waals surface area contributed by atoms with Crippen molar-refractivity contribution in [2.45, 2.75) is 37.6 Å². The minimum atomic E-state index is -1.04. The molecule has 0 saturated heterocycles. The maximum Gasteiger partial charge on any atom is 0.407 e. The van der Waals surface area contributed by atoms with Crippen LogP contribution >= 0.6 is 0 Å². The van der Waals surface area contributed by atoms with E-state index in [1.165, 1.54) is 23.1 Å². The predicted molar refractivity (Wildman–Crippen MR) is 119 cm³/mol. The number of likely N-dealkylation sites (N-methyl/N-ethyl adjacent to an activating group) is 1. The first-order valence-electron chi connectivity index (χ1n) is 11.0. The lowest BCUT2D eigenvalue weighted by atomic mass is 9.85. The van der Waals surface area contributed by atoms with Crippen LogP contribution in [0.15, 0.2) is 48.5 Å². The number of benzene rings is 2. The number of carboxylic acid groups (broad SMARTS) is 1. The summed E-state index contributed by atoms with van der Waals surface area (Å²) in [6.07, 6.45) is 2.28. The molecule has 2 aromatic rings. The first-order valence-corrected chi connectivity index (χ1v) is 11.0. The Kier molecular flexibility index (Phi) is 6.44. The number of carbonyl (C=O) groups is 3. The molecule has 0 bridgehead atoms. The number of aliphatic carboxylic acids is 1. The molecule has 2 aromatic carbocycles. The highest BCUT2D eigenvalue weighted by Gasteiger charge is 2.32. The highest BCUT2D eigenvalue weighted by atomic mass is 16.5. The monoisotopic (exact) mass is 436 g/mol. The first kappa shape index (κ1) is 21.9. The molecule has 0 spiro atoms. The fourth-order valence-electron chi connectivity index (χ4n) is 4.94. The molecule has 7 heteroatoms. The van der Waals surface area contributed by atoms with E-state index >= 15 is 0 Å². The van der Waals surface area contributed by atoms with Crippen LogP contribution in [0.1, 0.15) is 42.7 Å². The third-order valence-electron chi connectivity index (χ3n) is 6.44. The van der Waals surface area contributed by atoms with Crippen LogP contribution in [0, 0.1) is 5.92 Å². The second kappa shape index (κ2) is 9.42. The van der Waals surface area contributed by atoms with Crippen molar-refractivity contribution in [3.8, 4) is 11.1 Å². The van der Waals surface area contributed by atoms with Crippen molar-refractivity contribution < 1.29 is 24.2 Å². The summed E-state index contributed by atoms with van der Waals surface area (Å²) < 4.78 is 5.62. The van der Waals surface area contributed by atoms with Gasteiger partial charge in [-0.1, -0.05) is 55.0 Å². The molecule has 1 fully saturated rings. The van der Waals surface area contributed by atoms with Crippen molar-refractivity contribution >= 4 is 18.0 Å². The molecule has 1 saturated carbocycles. The Morgan fingerprint density at radius 1 is 1.03 bits per heavy atom. The second-order valence-corrected chi connectivity index (χ2v) is 8.62. The van der Waals surface area contributed by atoms with Gasteiger partial charge in [0.2, 0.25) is 5.91 Å². The number of fused-ring (bicyclic) bond motifs is 3. The number of amides is 2. The fourth-order valence-corrected chi connectivity index (χ4v) is 4.94. The van der Waals surface area contributed by atoms with Gasteiger partial charge in [0, 0.05) is 24.9 Å². The highest BCUT2D eigenvalue weighted by Crippen LogP contribution is 2.44. The summed E-state index contributed by atoms with van der Waals surface area (Å²) in [7, 11) is 1.50. The average molecular weight is 437 g/mol. The predicted octanol–water partition coefficient (Wildman–Crippen LogP) is 3.63. The summed E-state index contributed by atoms with van der Waals surface area (Å²) in [4.78, 5) is 37.2. The van der Waals surface area contributed by atoms with Crippen LogP contribution in [-0.2, 0) is 14.3 Å². The van der Waals surface area contributed by atoms with E-state index in [-0.39, 0.29) is 36.9 Å². The number of carboxylic acids is 1. The van der Waals surface area contributed by atoms with Gasteiger partial charge >= 0.3 is 12.1 Å². The Morgan fingerprint density at radius 3 is 2.28 bits per heavy atom. The molecule has 7 nitrogen and oxygen atoms in total. The first-order chi connectivity index (χ1) is 15.4. The summed E-state index contributed by atoms with van der Waals surface area (Å²) in [5.41, 5.74) is 4.67. The van der Waals surface area contributed by atoms with Gasteiger partial charge in [-0.25, -0.2) is 4.79 Å². The van der Waals surface area contributed by atoms with E-state index in [1.807, 2.05) is 24.3 Å².